The maximum absolute atomic E-state index is 10.8. The number of carbonyl (C=O) groups excluding carboxylic acids is 1. The Morgan fingerprint density at radius 3 is 2.60 bits per heavy atom. The fraction of sp³-hybridized carbons (Fsp3) is 0.111. The van der Waals surface area contributed by atoms with Gasteiger partial charge in [0.05, 0.1) is 5.57 Å². The predicted molar refractivity (Wildman–Crippen MR) is 54.7 cm³/mol. The van der Waals surface area contributed by atoms with Gasteiger partial charge in [-0.2, -0.15) is 0 Å². The summed E-state index contributed by atoms with van der Waals surface area (Å²) in [5, 5.41) is 9.11. The molecule has 0 aliphatic rings. The zero-order chi connectivity index (χ0) is 11.3. The van der Waals surface area contributed by atoms with Crippen molar-refractivity contribution in [1.82, 2.24) is 9.97 Å². The van der Waals surface area contributed by atoms with Crippen LogP contribution in [-0.4, -0.2) is 27.2 Å². The van der Waals surface area contributed by atoms with Crippen molar-refractivity contribution in [3.63, 3.8) is 0 Å². The van der Waals surface area contributed by atoms with Crippen molar-refractivity contribution < 1.29 is 9.90 Å². The van der Waals surface area contributed by atoms with Crippen LogP contribution < -0.4 is 5.73 Å². The Balaban J connectivity index is 2.90. The van der Waals surface area contributed by atoms with Gasteiger partial charge in [0.15, 0.2) is 0 Å². The van der Waals surface area contributed by atoms with Gasteiger partial charge in [-0.15, -0.1) is 0 Å². The molecule has 0 aliphatic carbocycles. The highest BCUT2D eigenvalue weighted by molar-refractivity contribution is 6.12. The molecule has 3 N–H and O–H groups in total. The van der Waals surface area contributed by atoms with Gasteiger partial charge in [0.25, 0.3) is 5.91 Å². The van der Waals surface area contributed by atoms with Gasteiger partial charge in [0.2, 0.25) is 5.95 Å². The van der Waals surface area contributed by atoms with Crippen LogP contribution in [0.5, 0.6) is 0 Å². The molecule has 0 aromatic carbocycles. The number of aliphatic imine (C=N–C) groups is 1. The van der Waals surface area contributed by atoms with E-state index in [2.05, 4.69) is 15.0 Å². The van der Waals surface area contributed by atoms with E-state index in [0.717, 1.165) is 6.21 Å². The van der Waals surface area contributed by atoms with Crippen LogP contribution >= 0.6 is 0 Å². The minimum absolute atomic E-state index is 0.0672. The van der Waals surface area contributed by atoms with Gasteiger partial charge < -0.3 is 10.8 Å². The molecular weight excluding hydrogens is 196 g/mol. The van der Waals surface area contributed by atoms with Gasteiger partial charge in [-0.25, -0.2) is 15.0 Å². The summed E-state index contributed by atoms with van der Waals surface area (Å²) in [7, 11) is 0. The van der Waals surface area contributed by atoms with Crippen LogP contribution in [0.3, 0.4) is 0 Å². The molecule has 0 saturated heterocycles. The second kappa shape index (κ2) is 4.85. The van der Waals surface area contributed by atoms with Gasteiger partial charge in [0, 0.05) is 18.6 Å². The number of aromatic nitrogens is 2. The average Bonchev–Trinajstić information content (AvgIpc) is 2.18. The van der Waals surface area contributed by atoms with Gasteiger partial charge in [0.1, 0.15) is 5.76 Å². The molecule has 6 heteroatoms. The first-order valence-corrected chi connectivity index (χ1v) is 4.12. The number of nitrogens with two attached hydrogens (primary N) is 1. The van der Waals surface area contributed by atoms with Crippen molar-refractivity contribution in [2.24, 2.45) is 10.7 Å². The van der Waals surface area contributed by atoms with Crippen molar-refractivity contribution in [1.29, 1.82) is 0 Å². The Kier molecular flexibility index (Phi) is 3.50. The number of rotatable bonds is 3. The van der Waals surface area contributed by atoms with Crippen molar-refractivity contribution in [3.8, 4) is 0 Å². The van der Waals surface area contributed by atoms with E-state index in [4.69, 9.17) is 10.8 Å². The molecular formula is C9H10N4O2. The number of nitrogens with zero attached hydrogens (tertiary/aromatic N) is 3. The summed E-state index contributed by atoms with van der Waals surface area (Å²) in [6.07, 6.45) is 4.16. The lowest BCUT2D eigenvalue weighted by Gasteiger charge is -1.96. The first-order valence-electron chi connectivity index (χ1n) is 4.12. The van der Waals surface area contributed by atoms with Gasteiger partial charge in [-0.05, 0) is 13.0 Å². The van der Waals surface area contributed by atoms with Crippen LogP contribution in [0.1, 0.15) is 6.92 Å². The van der Waals surface area contributed by atoms with E-state index >= 15 is 0 Å². The van der Waals surface area contributed by atoms with E-state index in [9.17, 15) is 4.79 Å². The Bertz CT molecular complexity index is 407. The van der Waals surface area contributed by atoms with Crippen LogP contribution in [0.25, 0.3) is 0 Å². The number of allylic oxidation sites excluding steroid dienone is 1. The smallest absolute Gasteiger partial charge is 0.253 e. The molecule has 1 rings (SSSR count). The fourth-order valence-electron chi connectivity index (χ4n) is 0.816. The van der Waals surface area contributed by atoms with E-state index in [0.29, 0.717) is 0 Å². The molecule has 0 radical (unpaired) electrons. The Hall–Kier alpha value is -2.24. The lowest BCUT2D eigenvalue weighted by molar-refractivity contribution is -0.114. The van der Waals surface area contributed by atoms with Gasteiger partial charge in [-0.1, -0.05) is 0 Å². The Morgan fingerprint density at radius 2 is 2.13 bits per heavy atom. The molecule has 0 unspecified atom stereocenters. The quantitative estimate of drug-likeness (QED) is 0.427. The van der Waals surface area contributed by atoms with E-state index < -0.39 is 5.91 Å². The Labute approximate surface area is 86.2 Å². The third kappa shape index (κ3) is 3.18. The van der Waals surface area contributed by atoms with E-state index in [1.54, 1.807) is 6.07 Å². The normalized spacial score (nSPS) is 12.6. The van der Waals surface area contributed by atoms with E-state index in [1.165, 1.54) is 19.3 Å². The zero-order valence-electron chi connectivity index (χ0n) is 8.08. The number of carbonyl (C=O) groups is 1. The lowest BCUT2D eigenvalue weighted by Crippen LogP contribution is -2.16. The van der Waals surface area contributed by atoms with E-state index in [1.807, 2.05) is 0 Å². The van der Waals surface area contributed by atoms with Crippen molar-refractivity contribution >= 4 is 18.1 Å². The van der Waals surface area contributed by atoms with Crippen LogP contribution in [0.15, 0.2) is 34.8 Å². The number of primary amides is 1. The third-order valence-corrected chi connectivity index (χ3v) is 1.52. The summed E-state index contributed by atoms with van der Waals surface area (Å²) in [5.41, 5.74) is 4.95. The second-order valence-corrected chi connectivity index (χ2v) is 2.67. The molecule has 0 bridgehead atoms. The number of aliphatic hydroxyl groups excluding tert-OH is 1. The number of hydrogen-bond donors (Lipinski definition) is 2. The van der Waals surface area contributed by atoms with Crippen LogP contribution in [0.2, 0.25) is 0 Å². The minimum atomic E-state index is -0.755. The zero-order valence-corrected chi connectivity index (χ0v) is 8.08. The molecule has 1 heterocycles. The molecule has 0 spiro atoms. The topological polar surface area (TPSA) is 101 Å². The number of aliphatic hydroxyl groups is 1. The van der Waals surface area contributed by atoms with Crippen molar-refractivity contribution in [2.45, 2.75) is 6.92 Å². The van der Waals surface area contributed by atoms with E-state index in [-0.39, 0.29) is 17.3 Å². The van der Waals surface area contributed by atoms with Crippen LogP contribution in [0, 0.1) is 0 Å². The Morgan fingerprint density at radius 1 is 1.53 bits per heavy atom. The number of hydrogen-bond acceptors (Lipinski definition) is 5. The predicted octanol–water partition coefficient (Wildman–Crippen LogP) is 0.496. The molecule has 1 aromatic rings. The summed E-state index contributed by atoms with van der Waals surface area (Å²) >= 11 is 0. The molecule has 6 nitrogen and oxygen atoms in total. The van der Waals surface area contributed by atoms with Gasteiger partial charge >= 0.3 is 0 Å². The van der Waals surface area contributed by atoms with Crippen molar-refractivity contribution in [2.75, 3.05) is 0 Å². The van der Waals surface area contributed by atoms with Gasteiger partial charge in [-0.3, -0.25) is 4.79 Å². The molecule has 1 amide bonds. The molecule has 0 aliphatic heterocycles. The lowest BCUT2D eigenvalue weighted by atomic mass is 10.2. The second-order valence-electron chi connectivity index (χ2n) is 2.67. The first-order chi connectivity index (χ1) is 7.11. The van der Waals surface area contributed by atoms with Crippen molar-refractivity contribution in [3.05, 3.63) is 29.8 Å². The highest BCUT2D eigenvalue weighted by Gasteiger charge is 2.05. The largest absolute Gasteiger partial charge is 0.512 e. The summed E-state index contributed by atoms with van der Waals surface area (Å²) in [5.74, 6) is -0.755. The average molecular weight is 206 g/mol. The molecule has 78 valence electrons. The highest BCUT2D eigenvalue weighted by Crippen LogP contribution is 2.02. The molecule has 15 heavy (non-hydrogen) atoms. The third-order valence-electron chi connectivity index (χ3n) is 1.52. The standard InChI is InChI=1S/C9H10N4O2/c1-6(14)7(8(10)15)5-13-9-11-3-2-4-12-9/h2-5,14H,1H3,(H2,10,15)/b7-6-,13-5+. The van der Waals surface area contributed by atoms with Crippen LogP contribution in [-0.2, 0) is 4.79 Å². The maximum atomic E-state index is 10.8. The van der Waals surface area contributed by atoms with Crippen LogP contribution in [0.4, 0.5) is 5.95 Å². The fourth-order valence-corrected chi connectivity index (χ4v) is 0.816. The summed E-state index contributed by atoms with van der Waals surface area (Å²) in [6.45, 7) is 1.35. The molecule has 0 atom stereocenters. The summed E-state index contributed by atoms with van der Waals surface area (Å²) in [6, 6.07) is 1.64. The summed E-state index contributed by atoms with van der Waals surface area (Å²) < 4.78 is 0. The molecule has 0 saturated carbocycles. The molecule has 0 fully saturated rings. The number of amides is 1. The SMILES string of the molecule is C/C(O)=C(\C=N\c1ncccn1)C(N)=O. The maximum Gasteiger partial charge on any atom is 0.253 e. The minimum Gasteiger partial charge on any atom is -0.512 e. The molecule has 1 aromatic heterocycles. The monoisotopic (exact) mass is 206 g/mol. The highest BCUT2D eigenvalue weighted by atomic mass is 16.3. The summed E-state index contributed by atoms with van der Waals surface area (Å²) in [4.78, 5) is 22.2. The first kappa shape index (κ1) is 10.8.